The molecule has 0 aromatic carbocycles. The number of carboxylic acids is 1. The first-order chi connectivity index (χ1) is 13.3. The molecule has 15 nitrogen and oxygen atoms in total. The number of carbonyl (C=O) groups is 1. The predicted octanol–water partition coefficient (Wildman–Crippen LogP) is -15.0. The first-order valence-corrected chi connectivity index (χ1v) is 11.4. The van der Waals surface area contributed by atoms with Gasteiger partial charge in [0.25, 0.3) is 0 Å². The summed E-state index contributed by atoms with van der Waals surface area (Å²) in [5.41, 5.74) is -0.953. The minimum atomic E-state index is -5.63. The first kappa shape index (κ1) is 41.7. The van der Waals surface area contributed by atoms with Gasteiger partial charge in [-0.2, -0.15) is 0 Å². The summed E-state index contributed by atoms with van der Waals surface area (Å²) in [7, 11) is -11.3. The molecule has 0 spiro atoms. The number of hydrogen-bond donors (Lipinski definition) is 5. The summed E-state index contributed by atoms with van der Waals surface area (Å²) >= 11 is 0. The molecular weight excluding hydrogens is 523 g/mol. The van der Waals surface area contributed by atoms with Crippen LogP contribution in [0, 0.1) is 0 Å². The van der Waals surface area contributed by atoms with Gasteiger partial charge in [0.05, 0.1) is 12.4 Å². The number of carbonyl (C=O) groups excluding carboxylic acids is 1. The Bertz CT molecular complexity index is 637. The van der Waals surface area contributed by atoms with Gasteiger partial charge >= 0.3 is 110 Å². The van der Waals surface area contributed by atoms with E-state index < -0.39 is 76.7 Å². The molecule has 0 unspecified atom stereocenters. The van der Waals surface area contributed by atoms with Gasteiger partial charge in [-0.3, -0.25) is 9.98 Å². The quantitative estimate of drug-likeness (QED) is 0.0560. The van der Waals surface area contributed by atoms with E-state index in [4.69, 9.17) is 24.3 Å². The summed E-state index contributed by atoms with van der Waals surface area (Å²) < 4.78 is 9.25. The molecule has 1 atom stereocenters. The van der Waals surface area contributed by atoms with Crippen LogP contribution in [-0.2, 0) is 14.3 Å². The molecule has 0 heterocycles. The molecule has 20 heteroatoms. The van der Waals surface area contributed by atoms with E-state index in [2.05, 4.69) is 14.7 Å². The van der Waals surface area contributed by atoms with Crippen LogP contribution < -0.4 is 114 Å². The van der Waals surface area contributed by atoms with E-state index in [-0.39, 0.29) is 88.7 Å². The number of nitrogens with zero attached hydrogens (tertiary/aromatic N) is 2. The molecule has 33 heavy (non-hydrogen) atoms. The molecule has 176 valence electrons. The normalized spacial score (nSPS) is 14.2. The number of aliphatic carboxylic acids is 1. The molecule has 0 saturated heterocycles. The van der Waals surface area contributed by atoms with Crippen molar-refractivity contribution in [1.82, 2.24) is 0 Å². The van der Waals surface area contributed by atoms with Crippen molar-refractivity contribution < 1.29 is 153 Å². The van der Waals surface area contributed by atoms with Gasteiger partial charge in [-0.15, -0.1) is 0 Å². The molecule has 5 N–H and O–H groups in total. The minimum absolute atomic E-state index is 0. The third kappa shape index (κ3) is 16.1. The third-order valence-electron chi connectivity index (χ3n) is 3.14. The van der Waals surface area contributed by atoms with Crippen LogP contribution in [0.2, 0.25) is 0 Å². The van der Waals surface area contributed by atoms with Crippen LogP contribution in [0.5, 0.6) is 0 Å². The van der Waals surface area contributed by atoms with E-state index in [1.54, 1.807) is 0 Å². The Morgan fingerprint density at radius 3 is 1.79 bits per heavy atom. The Labute approximate surface area is 257 Å². The van der Waals surface area contributed by atoms with Crippen molar-refractivity contribution in [3.63, 3.8) is 0 Å². The van der Waals surface area contributed by atoms with Gasteiger partial charge < -0.3 is 44.5 Å². The maximum Gasteiger partial charge on any atom is 1.00 e. The first-order valence-electron chi connectivity index (χ1n) is 8.13. The molecular formula is C13H23N2Na3O13P2. The minimum Gasteiger partial charge on any atom is -0.626 e. The maximum atomic E-state index is 11.5. The van der Waals surface area contributed by atoms with Crippen molar-refractivity contribution in [2.75, 3.05) is 13.2 Å². The molecule has 0 saturated carbocycles. The van der Waals surface area contributed by atoms with Gasteiger partial charge in [0.15, 0.2) is 0 Å². The number of aliphatic hydroxyl groups is 1. The van der Waals surface area contributed by atoms with E-state index >= 15 is 0 Å². The largest absolute Gasteiger partial charge is 1.00 e. The summed E-state index contributed by atoms with van der Waals surface area (Å²) in [6.07, 6.45) is -4.25. The molecule has 0 rings (SSSR count). The van der Waals surface area contributed by atoms with E-state index in [0.29, 0.717) is 0 Å². The van der Waals surface area contributed by atoms with Crippen LogP contribution in [0.4, 0.5) is 0 Å². The summed E-state index contributed by atoms with van der Waals surface area (Å²) in [5, 5.41) is 39.9. The Balaban J connectivity index is -0.00000140. The van der Waals surface area contributed by atoms with Gasteiger partial charge in [-0.25, -0.2) is 19.6 Å². The van der Waals surface area contributed by atoms with Crippen LogP contribution in [0.15, 0.2) is 9.98 Å². The van der Waals surface area contributed by atoms with E-state index in [0.717, 1.165) is 0 Å². The average molecular weight is 546 g/mol. The number of hydrogen-bond acceptors (Lipinski definition) is 15. The van der Waals surface area contributed by atoms with E-state index in [1.165, 1.54) is 20.8 Å². The molecule has 0 aromatic rings. The zero-order valence-corrected chi connectivity index (χ0v) is 27.0. The molecule has 0 bridgehead atoms. The van der Waals surface area contributed by atoms with Crippen LogP contribution in [-0.4, -0.2) is 72.7 Å². The van der Waals surface area contributed by atoms with Crippen molar-refractivity contribution >= 4 is 34.0 Å². The molecule has 0 radical (unpaired) electrons. The summed E-state index contributed by atoms with van der Waals surface area (Å²) in [6.45, 7) is 2.99. The second-order valence-corrected chi connectivity index (χ2v) is 10.9. The standard InChI is InChI=1S/C13H26N2O13P2.3Na/c1-12(2,3)28-11(19)15-8(9(16)17)7-27-10(18)14-6-4-5-13(20,29(21,22)23)30(24,25)26;;;/h8,20H,4-7H2,1-3H3,(H,14,18)(H,15,19)(H,16,17)(H2,21,22,23)(H2,24,25,26);;;/q;3*+1/p-3/t8-;;;/m0.../s1. The second kappa shape index (κ2) is 17.2. The van der Waals surface area contributed by atoms with E-state index in [9.17, 15) is 35.0 Å². The molecule has 0 aromatic heterocycles. The number of aliphatic imine (C=N–C) groups is 2. The number of ether oxygens (including phenoxy) is 2. The maximum absolute atomic E-state index is 11.5. The summed E-state index contributed by atoms with van der Waals surface area (Å²) in [4.78, 5) is 75.5. The van der Waals surface area contributed by atoms with Gasteiger partial charge in [-0.1, -0.05) is 20.8 Å². The molecule has 0 aliphatic rings. The zero-order chi connectivity index (χ0) is 24.0. The van der Waals surface area contributed by atoms with E-state index in [1.807, 2.05) is 0 Å². The monoisotopic (exact) mass is 546 g/mol. The number of rotatable bonds is 10. The van der Waals surface area contributed by atoms with Crippen LogP contribution >= 0.6 is 15.9 Å². The van der Waals surface area contributed by atoms with Crippen molar-refractivity contribution in [1.29, 1.82) is 0 Å². The smallest absolute Gasteiger partial charge is 0.626 e. The predicted molar refractivity (Wildman–Crippen MR) is 92.2 cm³/mol. The summed E-state index contributed by atoms with van der Waals surface area (Å²) in [5.74, 6) is -1.85. The fraction of sp³-hybridized carbons (Fsp3) is 0.769. The molecule has 0 fully saturated rings. The van der Waals surface area contributed by atoms with Crippen molar-refractivity contribution in [2.45, 2.75) is 50.3 Å². The number of carboxylic acid groups (broad SMARTS) is 1. The van der Waals surface area contributed by atoms with Crippen molar-refractivity contribution in [2.24, 2.45) is 9.98 Å². The molecule has 0 aliphatic heterocycles. The van der Waals surface area contributed by atoms with Gasteiger partial charge in [-0.05, 0) is 6.42 Å². The Hall–Kier alpha value is 1.59. The SMILES string of the molecule is CC(C)(C)OC([O-])=N[C@@H](COC([O-])=NCCCC(O)([P+]([O-])(O)O)[P+]([O-])(O)O)C(=O)[O-].[Na+].[Na+].[Na+]. The summed E-state index contributed by atoms with van der Waals surface area (Å²) in [6, 6.07) is -1.89. The van der Waals surface area contributed by atoms with Crippen molar-refractivity contribution in [3.05, 3.63) is 0 Å². The fourth-order valence-electron chi connectivity index (χ4n) is 1.72. The molecule has 0 aliphatic carbocycles. The van der Waals surface area contributed by atoms with Gasteiger partial charge in [0, 0.05) is 18.8 Å². The Morgan fingerprint density at radius 2 is 1.42 bits per heavy atom. The van der Waals surface area contributed by atoms with Crippen molar-refractivity contribution in [3.8, 4) is 0 Å². The van der Waals surface area contributed by atoms with Crippen LogP contribution in [0.25, 0.3) is 0 Å². The topological polar surface area (TPSA) is 277 Å². The average Bonchev–Trinajstić information content (AvgIpc) is 2.51. The fourth-order valence-corrected chi connectivity index (χ4v) is 3.97. The van der Waals surface area contributed by atoms with Gasteiger partial charge in [0.1, 0.15) is 18.2 Å². The molecule has 0 amide bonds. The Kier molecular flexibility index (Phi) is 21.7. The second-order valence-electron chi connectivity index (χ2n) is 6.87. The Morgan fingerprint density at radius 1 is 0.970 bits per heavy atom. The van der Waals surface area contributed by atoms with Crippen LogP contribution in [0.1, 0.15) is 33.6 Å². The van der Waals surface area contributed by atoms with Crippen LogP contribution in [0.3, 0.4) is 0 Å². The zero-order valence-electron chi connectivity index (χ0n) is 19.2. The van der Waals surface area contributed by atoms with Gasteiger partial charge in [0.2, 0.25) is 0 Å². The third-order valence-corrected chi connectivity index (χ3v) is 7.01.